The standard InChI is InChI=1S/C16H25N/c1-13(7-4-5-12-17)10-11-16-14(2)8-6-9-15(16)3/h4-5,7,10-11,14H,6,8-9,12,17H2,1-3H3/b5-4+,11-10+,13-7+. The molecule has 0 spiro atoms. The fourth-order valence-corrected chi connectivity index (χ4v) is 2.28. The van der Waals surface area contributed by atoms with Gasteiger partial charge in [0, 0.05) is 6.54 Å². The van der Waals surface area contributed by atoms with Crippen molar-refractivity contribution < 1.29 is 0 Å². The third-order valence-corrected chi connectivity index (χ3v) is 3.37. The number of allylic oxidation sites excluding steroid dienone is 7. The van der Waals surface area contributed by atoms with Gasteiger partial charge in [-0.3, -0.25) is 0 Å². The van der Waals surface area contributed by atoms with Gasteiger partial charge in [0.1, 0.15) is 0 Å². The zero-order chi connectivity index (χ0) is 12.7. The van der Waals surface area contributed by atoms with Crippen LogP contribution in [0.2, 0.25) is 0 Å². The Balaban J connectivity index is 2.69. The van der Waals surface area contributed by atoms with Crippen LogP contribution in [0.25, 0.3) is 0 Å². The summed E-state index contributed by atoms with van der Waals surface area (Å²) in [5, 5.41) is 0. The van der Waals surface area contributed by atoms with Crippen LogP contribution in [0.15, 0.2) is 47.1 Å². The molecular weight excluding hydrogens is 206 g/mol. The highest BCUT2D eigenvalue weighted by Gasteiger charge is 2.14. The van der Waals surface area contributed by atoms with Gasteiger partial charge in [0.15, 0.2) is 0 Å². The van der Waals surface area contributed by atoms with Crippen LogP contribution >= 0.6 is 0 Å². The predicted octanol–water partition coefficient (Wildman–Crippen LogP) is 4.14. The molecule has 0 bridgehead atoms. The highest BCUT2D eigenvalue weighted by molar-refractivity contribution is 5.34. The first-order valence-corrected chi connectivity index (χ1v) is 6.56. The van der Waals surface area contributed by atoms with Crippen molar-refractivity contribution in [3.05, 3.63) is 47.1 Å². The van der Waals surface area contributed by atoms with E-state index < -0.39 is 0 Å². The van der Waals surface area contributed by atoms with E-state index in [0.29, 0.717) is 12.5 Å². The molecular formula is C16H25N. The summed E-state index contributed by atoms with van der Waals surface area (Å²) in [6, 6.07) is 0. The molecule has 0 aromatic carbocycles. The van der Waals surface area contributed by atoms with Crippen LogP contribution in [-0.4, -0.2) is 6.54 Å². The highest BCUT2D eigenvalue weighted by Crippen LogP contribution is 2.30. The maximum absolute atomic E-state index is 5.40. The van der Waals surface area contributed by atoms with Crippen LogP contribution in [0, 0.1) is 5.92 Å². The summed E-state index contributed by atoms with van der Waals surface area (Å²) in [6.07, 6.45) is 14.5. The lowest BCUT2D eigenvalue weighted by molar-refractivity contribution is 0.546. The van der Waals surface area contributed by atoms with Crippen molar-refractivity contribution in [3.63, 3.8) is 0 Å². The van der Waals surface area contributed by atoms with E-state index in [1.54, 1.807) is 5.57 Å². The van der Waals surface area contributed by atoms with E-state index >= 15 is 0 Å². The lowest BCUT2D eigenvalue weighted by Crippen LogP contribution is -2.06. The highest BCUT2D eigenvalue weighted by atomic mass is 14.5. The quantitative estimate of drug-likeness (QED) is 0.723. The summed E-state index contributed by atoms with van der Waals surface area (Å²) in [7, 11) is 0. The van der Waals surface area contributed by atoms with E-state index in [0.717, 1.165) is 0 Å². The van der Waals surface area contributed by atoms with E-state index in [2.05, 4.69) is 39.0 Å². The van der Waals surface area contributed by atoms with Crippen LogP contribution in [0.4, 0.5) is 0 Å². The molecule has 0 fully saturated rings. The van der Waals surface area contributed by atoms with Crippen molar-refractivity contribution in [2.75, 3.05) is 6.54 Å². The average Bonchev–Trinajstić information content (AvgIpc) is 2.29. The molecule has 1 unspecified atom stereocenters. The van der Waals surface area contributed by atoms with E-state index in [1.807, 2.05) is 12.2 Å². The molecule has 0 saturated carbocycles. The van der Waals surface area contributed by atoms with E-state index in [-0.39, 0.29) is 0 Å². The molecule has 1 aliphatic carbocycles. The van der Waals surface area contributed by atoms with Gasteiger partial charge >= 0.3 is 0 Å². The second-order valence-electron chi connectivity index (χ2n) is 4.94. The zero-order valence-corrected chi connectivity index (χ0v) is 11.4. The van der Waals surface area contributed by atoms with Crippen LogP contribution in [0.1, 0.15) is 40.0 Å². The normalized spacial score (nSPS) is 23.1. The number of nitrogens with two attached hydrogens (primary N) is 1. The van der Waals surface area contributed by atoms with Crippen LogP contribution in [-0.2, 0) is 0 Å². The molecule has 1 atom stereocenters. The molecule has 0 aromatic rings. The van der Waals surface area contributed by atoms with Gasteiger partial charge in [-0.05, 0) is 44.6 Å². The van der Waals surface area contributed by atoms with Crippen molar-refractivity contribution >= 4 is 0 Å². The maximum atomic E-state index is 5.40. The Kier molecular flexibility index (Phi) is 5.99. The molecule has 17 heavy (non-hydrogen) atoms. The van der Waals surface area contributed by atoms with Gasteiger partial charge in [0.25, 0.3) is 0 Å². The first kappa shape index (κ1) is 14.0. The van der Waals surface area contributed by atoms with Gasteiger partial charge in [0.2, 0.25) is 0 Å². The van der Waals surface area contributed by atoms with Crippen LogP contribution in [0.3, 0.4) is 0 Å². The van der Waals surface area contributed by atoms with Gasteiger partial charge in [0.05, 0.1) is 0 Å². The molecule has 1 rings (SSSR count). The SMILES string of the molecule is CC1=C(/C=C/C(C)=C/C=C/CN)C(C)CCC1. The third kappa shape index (κ3) is 4.74. The molecule has 1 aliphatic rings. The molecule has 0 aromatic heterocycles. The third-order valence-electron chi connectivity index (χ3n) is 3.37. The van der Waals surface area contributed by atoms with Gasteiger partial charge in [-0.2, -0.15) is 0 Å². The smallest absolute Gasteiger partial charge is 0.0109 e. The fourth-order valence-electron chi connectivity index (χ4n) is 2.28. The van der Waals surface area contributed by atoms with Crippen molar-refractivity contribution in [2.45, 2.75) is 40.0 Å². The minimum Gasteiger partial charge on any atom is -0.327 e. The second-order valence-corrected chi connectivity index (χ2v) is 4.94. The van der Waals surface area contributed by atoms with E-state index in [4.69, 9.17) is 5.73 Å². The van der Waals surface area contributed by atoms with Crippen molar-refractivity contribution in [3.8, 4) is 0 Å². The summed E-state index contributed by atoms with van der Waals surface area (Å²) in [5.74, 6) is 0.715. The minimum absolute atomic E-state index is 0.606. The number of hydrogen-bond acceptors (Lipinski definition) is 1. The fraction of sp³-hybridized carbons (Fsp3) is 0.500. The van der Waals surface area contributed by atoms with Crippen molar-refractivity contribution in [1.82, 2.24) is 0 Å². The monoisotopic (exact) mass is 231 g/mol. The summed E-state index contributed by atoms with van der Waals surface area (Å²) < 4.78 is 0. The van der Waals surface area contributed by atoms with Crippen molar-refractivity contribution in [2.24, 2.45) is 11.7 Å². The summed E-state index contributed by atoms with van der Waals surface area (Å²) in [4.78, 5) is 0. The number of hydrogen-bond donors (Lipinski definition) is 1. The van der Waals surface area contributed by atoms with E-state index in [9.17, 15) is 0 Å². The summed E-state index contributed by atoms with van der Waals surface area (Å²) >= 11 is 0. The summed E-state index contributed by atoms with van der Waals surface area (Å²) in [5.41, 5.74) is 9.77. The van der Waals surface area contributed by atoms with Gasteiger partial charge in [-0.15, -0.1) is 0 Å². The Morgan fingerprint density at radius 1 is 1.47 bits per heavy atom. The molecule has 0 heterocycles. The molecule has 1 heteroatoms. The topological polar surface area (TPSA) is 26.0 Å². The first-order valence-electron chi connectivity index (χ1n) is 6.56. The molecule has 0 radical (unpaired) electrons. The predicted molar refractivity (Wildman–Crippen MR) is 76.8 cm³/mol. The van der Waals surface area contributed by atoms with Crippen molar-refractivity contribution in [1.29, 1.82) is 0 Å². The lowest BCUT2D eigenvalue weighted by Gasteiger charge is -2.22. The molecule has 2 N–H and O–H groups in total. The Hall–Kier alpha value is -1.08. The van der Waals surface area contributed by atoms with Gasteiger partial charge in [-0.1, -0.05) is 48.5 Å². The van der Waals surface area contributed by atoms with Crippen LogP contribution in [0.5, 0.6) is 0 Å². The second kappa shape index (κ2) is 7.29. The Labute approximate surface area is 106 Å². The maximum Gasteiger partial charge on any atom is 0.0109 e. The van der Waals surface area contributed by atoms with E-state index in [1.165, 1.54) is 30.4 Å². The van der Waals surface area contributed by atoms with Gasteiger partial charge in [-0.25, -0.2) is 0 Å². The molecule has 94 valence electrons. The number of rotatable bonds is 4. The Morgan fingerprint density at radius 3 is 2.88 bits per heavy atom. The lowest BCUT2D eigenvalue weighted by atomic mass is 9.84. The molecule has 0 saturated heterocycles. The Bertz CT molecular complexity index is 356. The molecule has 0 amide bonds. The van der Waals surface area contributed by atoms with Crippen LogP contribution < -0.4 is 5.73 Å². The zero-order valence-electron chi connectivity index (χ0n) is 11.4. The molecule has 1 nitrogen and oxygen atoms in total. The largest absolute Gasteiger partial charge is 0.327 e. The first-order chi connectivity index (χ1) is 8.15. The van der Waals surface area contributed by atoms with Gasteiger partial charge < -0.3 is 5.73 Å². The Morgan fingerprint density at radius 2 is 2.24 bits per heavy atom. The molecule has 0 aliphatic heterocycles. The average molecular weight is 231 g/mol. The minimum atomic E-state index is 0.606. The summed E-state index contributed by atoms with van der Waals surface area (Å²) in [6.45, 7) is 7.33.